The van der Waals surface area contributed by atoms with Crippen LogP contribution in [0.15, 0.2) is 53.7 Å². The average Bonchev–Trinajstić information content (AvgIpc) is 3.08. The van der Waals surface area contributed by atoms with Crippen LogP contribution in [0.1, 0.15) is 18.1 Å². The van der Waals surface area contributed by atoms with Gasteiger partial charge in [-0.25, -0.2) is 4.68 Å². The number of benzene rings is 2. The van der Waals surface area contributed by atoms with Crippen molar-refractivity contribution < 1.29 is 0 Å². The topological polar surface area (TPSA) is 67.4 Å². The van der Waals surface area contributed by atoms with Gasteiger partial charge in [-0.2, -0.15) is 5.26 Å². The van der Waals surface area contributed by atoms with Crippen LogP contribution in [-0.4, -0.2) is 20.2 Å². The Hall–Kier alpha value is -2.65. The van der Waals surface area contributed by atoms with Crippen molar-refractivity contribution in [1.29, 1.82) is 5.26 Å². The molecule has 0 unspecified atom stereocenters. The molecule has 0 radical (unpaired) electrons. The smallest absolute Gasteiger partial charge is 0.209 e. The van der Waals surface area contributed by atoms with E-state index >= 15 is 0 Å². The first kappa shape index (κ1) is 15.3. The fourth-order valence-electron chi connectivity index (χ4n) is 2.26. The van der Waals surface area contributed by atoms with Crippen LogP contribution in [0.4, 0.5) is 0 Å². The van der Waals surface area contributed by atoms with Crippen molar-refractivity contribution in [3.05, 3.63) is 59.7 Å². The molecule has 23 heavy (non-hydrogen) atoms. The van der Waals surface area contributed by atoms with Gasteiger partial charge in [-0.15, -0.1) is 5.10 Å². The molecule has 2 aromatic carbocycles. The van der Waals surface area contributed by atoms with Crippen molar-refractivity contribution in [2.45, 2.75) is 24.4 Å². The quantitative estimate of drug-likeness (QED) is 0.673. The summed E-state index contributed by atoms with van der Waals surface area (Å²) >= 11 is 1.62. The highest BCUT2D eigenvalue weighted by Crippen LogP contribution is 2.25. The van der Waals surface area contributed by atoms with Gasteiger partial charge in [0.15, 0.2) is 0 Å². The second-order valence-corrected chi connectivity index (χ2v) is 5.86. The minimum atomic E-state index is 0.691. The van der Waals surface area contributed by atoms with Crippen LogP contribution in [0.3, 0.4) is 0 Å². The zero-order valence-electron chi connectivity index (χ0n) is 12.7. The minimum absolute atomic E-state index is 0.691. The van der Waals surface area contributed by atoms with E-state index in [0.29, 0.717) is 5.56 Å². The molecule has 0 fully saturated rings. The summed E-state index contributed by atoms with van der Waals surface area (Å²) in [6.45, 7) is 2.78. The van der Waals surface area contributed by atoms with Crippen LogP contribution < -0.4 is 0 Å². The standard InChI is InChI=1S/C17H15N5S/c1-2-22-17(19-20-21-22)23-12-13-7-9-14(10-8-13)16-6-4-3-5-15(16)11-18/h3-10H,2,12H2,1H3. The Kier molecular flexibility index (Phi) is 4.69. The first-order valence-corrected chi connectivity index (χ1v) is 8.27. The molecule has 0 aliphatic rings. The third-order valence-corrected chi connectivity index (χ3v) is 4.51. The minimum Gasteiger partial charge on any atom is -0.221 e. The SMILES string of the molecule is CCn1nnnc1SCc1ccc(-c2ccccc2C#N)cc1. The lowest BCUT2D eigenvalue weighted by atomic mass is 10.00. The van der Waals surface area contributed by atoms with E-state index in [1.54, 1.807) is 16.4 Å². The maximum absolute atomic E-state index is 9.20. The summed E-state index contributed by atoms with van der Waals surface area (Å²) < 4.78 is 1.78. The first-order chi connectivity index (χ1) is 11.3. The van der Waals surface area contributed by atoms with Crippen molar-refractivity contribution in [3.63, 3.8) is 0 Å². The lowest BCUT2D eigenvalue weighted by molar-refractivity contribution is 0.581. The van der Waals surface area contributed by atoms with Gasteiger partial charge in [0.2, 0.25) is 5.16 Å². The number of tetrazole rings is 1. The van der Waals surface area contributed by atoms with Gasteiger partial charge in [0, 0.05) is 12.3 Å². The molecule has 0 atom stereocenters. The molecular formula is C17H15N5S. The number of thioether (sulfide) groups is 1. The molecule has 0 amide bonds. The van der Waals surface area contributed by atoms with Gasteiger partial charge in [0.1, 0.15) is 0 Å². The Morgan fingerprint density at radius 3 is 2.65 bits per heavy atom. The molecule has 0 spiro atoms. The van der Waals surface area contributed by atoms with Crippen LogP contribution in [0.5, 0.6) is 0 Å². The molecule has 0 N–H and O–H groups in total. The fraction of sp³-hybridized carbons (Fsp3) is 0.176. The normalized spacial score (nSPS) is 10.4. The van der Waals surface area contributed by atoms with E-state index in [4.69, 9.17) is 0 Å². The summed E-state index contributed by atoms with van der Waals surface area (Å²) in [5.41, 5.74) is 3.90. The second kappa shape index (κ2) is 7.07. The van der Waals surface area contributed by atoms with Crippen molar-refractivity contribution in [2.24, 2.45) is 0 Å². The molecule has 5 nitrogen and oxygen atoms in total. The maximum atomic E-state index is 9.20. The van der Waals surface area contributed by atoms with Crippen LogP contribution in [0.2, 0.25) is 0 Å². The number of hydrogen-bond donors (Lipinski definition) is 0. The highest BCUT2D eigenvalue weighted by Gasteiger charge is 2.07. The molecule has 0 aliphatic carbocycles. The number of nitriles is 1. The maximum Gasteiger partial charge on any atom is 0.209 e. The van der Waals surface area contributed by atoms with E-state index in [2.05, 4.69) is 45.9 Å². The third-order valence-electron chi connectivity index (χ3n) is 3.48. The van der Waals surface area contributed by atoms with E-state index in [1.165, 1.54) is 5.56 Å². The average molecular weight is 321 g/mol. The number of rotatable bonds is 5. The van der Waals surface area contributed by atoms with Gasteiger partial charge in [0.05, 0.1) is 11.6 Å². The number of nitrogens with zero attached hydrogens (tertiary/aromatic N) is 5. The largest absolute Gasteiger partial charge is 0.221 e. The molecule has 0 saturated heterocycles. The lowest BCUT2D eigenvalue weighted by Gasteiger charge is -2.06. The van der Waals surface area contributed by atoms with Gasteiger partial charge in [-0.05, 0) is 40.1 Å². The van der Waals surface area contributed by atoms with Crippen molar-refractivity contribution >= 4 is 11.8 Å². The van der Waals surface area contributed by atoms with Gasteiger partial charge in [0.25, 0.3) is 0 Å². The van der Waals surface area contributed by atoms with E-state index < -0.39 is 0 Å². The summed E-state index contributed by atoms with van der Waals surface area (Å²) in [6, 6.07) is 18.1. The van der Waals surface area contributed by atoms with Gasteiger partial charge in [-0.1, -0.05) is 54.2 Å². The Bertz CT molecular complexity index is 833. The van der Waals surface area contributed by atoms with Gasteiger partial charge < -0.3 is 0 Å². The second-order valence-electron chi connectivity index (χ2n) is 4.92. The number of hydrogen-bond acceptors (Lipinski definition) is 5. The molecular weight excluding hydrogens is 306 g/mol. The van der Waals surface area contributed by atoms with Crippen molar-refractivity contribution in [2.75, 3.05) is 0 Å². The summed E-state index contributed by atoms with van der Waals surface area (Å²) in [4.78, 5) is 0. The van der Waals surface area contributed by atoms with Gasteiger partial charge >= 0.3 is 0 Å². The summed E-state index contributed by atoms with van der Waals surface area (Å²) in [7, 11) is 0. The van der Waals surface area contributed by atoms with Crippen LogP contribution in [0, 0.1) is 11.3 Å². The summed E-state index contributed by atoms with van der Waals surface area (Å²) in [5.74, 6) is 0.806. The van der Waals surface area contributed by atoms with Crippen LogP contribution >= 0.6 is 11.8 Å². The Labute approximate surface area is 139 Å². The molecule has 1 heterocycles. The summed E-state index contributed by atoms with van der Waals surface area (Å²) in [5, 5.41) is 21.7. The fourth-order valence-corrected chi connectivity index (χ4v) is 3.16. The van der Waals surface area contributed by atoms with Gasteiger partial charge in [-0.3, -0.25) is 0 Å². The molecule has 0 saturated carbocycles. The first-order valence-electron chi connectivity index (χ1n) is 7.29. The molecule has 6 heteroatoms. The van der Waals surface area contributed by atoms with Crippen molar-refractivity contribution in [3.8, 4) is 17.2 Å². The van der Waals surface area contributed by atoms with E-state index in [0.717, 1.165) is 28.6 Å². The molecule has 0 aliphatic heterocycles. The van der Waals surface area contributed by atoms with E-state index in [1.807, 2.05) is 31.2 Å². The molecule has 114 valence electrons. The Morgan fingerprint density at radius 2 is 1.91 bits per heavy atom. The molecule has 0 bridgehead atoms. The Morgan fingerprint density at radius 1 is 1.13 bits per heavy atom. The van der Waals surface area contributed by atoms with E-state index in [9.17, 15) is 5.26 Å². The predicted octanol–water partition coefficient (Wildman–Crippen LogP) is 3.52. The number of aromatic nitrogens is 4. The highest BCUT2D eigenvalue weighted by molar-refractivity contribution is 7.98. The lowest BCUT2D eigenvalue weighted by Crippen LogP contribution is -1.98. The van der Waals surface area contributed by atoms with Crippen LogP contribution in [0.25, 0.3) is 11.1 Å². The number of aryl methyl sites for hydroxylation is 1. The molecule has 1 aromatic heterocycles. The van der Waals surface area contributed by atoms with Crippen molar-refractivity contribution in [1.82, 2.24) is 20.2 Å². The monoisotopic (exact) mass is 321 g/mol. The highest BCUT2D eigenvalue weighted by atomic mass is 32.2. The zero-order valence-corrected chi connectivity index (χ0v) is 13.5. The third kappa shape index (κ3) is 3.41. The van der Waals surface area contributed by atoms with Crippen LogP contribution in [-0.2, 0) is 12.3 Å². The summed E-state index contributed by atoms with van der Waals surface area (Å²) in [6.07, 6.45) is 0. The predicted molar refractivity (Wildman–Crippen MR) is 89.6 cm³/mol. The Balaban J connectivity index is 1.74. The van der Waals surface area contributed by atoms with E-state index in [-0.39, 0.29) is 0 Å². The molecule has 3 aromatic rings. The molecule has 3 rings (SSSR count). The zero-order chi connectivity index (χ0) is 16.1.